The lowest BCUT2D eigenvalue weighted by Crippen LogP contribution is -1.97. The highest BCUT2D eigenvalue weighted by Crippen LogP contribution is 2.50. The molecule has 0 bridgehead atoms. The summed E-state index contributed by atoms with van der Waals surface area (Å²) in [7, 11) is 10.0. The molecule has 2 aromatic carbocycles. The van der Waals surface area contributed by atoms with Crippen LogP contribution in [0.1, 0.15) is 0 Å². The molecule has 2 aromatic rings. The van der Waals surface area contributed by atoms with E-state index in [1.54, 1.807) is 66.2 Å². The summed E-state index contributed by atoms with van der Waals surface area (Å²) >= 11 is 4.88. The Morgan fingerprint density at radius 2 is 0.871 bits per heavy atom. The van der Waals surface area contributed by atoms with E-state index in [-0.39, 0.29) is 0 Å². The zero-order chi connectivity index (χ0) is 22.6. The molecule has 0 fully saturated rings. The number of rotatable bonds is 14. The van der Waals surface area contributed by atoms with Gasteiger partial charge in [0.1, 0.15) is 23.0 Å². The van der Waals surface area contributed by atoms with Gasteiger partial charge in [0, 0.05) is 35.5 Å². The average molecular weight is 487 g/mol. The Morgan fingerprint density at radius 1 is 0.548 bits per heavy atom. The second kappa shape index (κ2) is 13.9. The molecule has 0 unspecified atom stereocenters. The molecule has 0 heterocycles. The molecule has 0 amide bonds. The smallest absolute Gasteiger partial charge is 0.137 e. The quantitative estimate of drug-likeness (QED) is 0.260. The van der Waals surface area contributed by atoms with E-state index in [0.29, 0.717) is 13.2 Å². The van der Waals surface area contributed by atoms with Gasteiger partial charge in [0.2, 0.25) is 0 Å². The van der Waals surface area contributed by atoms with Crippen LogP contribution >= 0.6 is 35.3 Å². The van der Waals surface area contributed by atoms with Gasteiger partial charge in [0.15, 0.2) is 0 Å². The maximum atomic E-state index is 5.70. The van der Waals surface area contributed by atoms with Crippen LogP contribution in [0.25, 0.3) is 0 Å². The third kappa shape index (κ3) is 7.32. The van der Waals surface area contributed by atoms with E-state index in [1.807, 2.05) is 24.3 Å². The van der Waals surface area contributed by atoms with Crippen LogP contribution in [0.4, 0.5) is 0 Å². The van der Waals surface area contributed by atoms with E-state index in [4.69, 9.17) is 28.4 Å². The standard InChI is InChI=1S/C22H30O6S3/c1-23-7-9-29-15-11-17(25-3)21(18(12-15)26-4)31-22-19(27-5)13-16(14-20(22)28-6)30-10-8-24-2/h11-14H,7-10H2,1-6H3. The molecule has 0 radical (unpaired) electrons. The molecule has 2 rings (SSSR count). The highest BCUT2D eigenvalue weighted by molar-refractivity contribution is 8.00. The second-order valence-electron chi connectivity index (χ2n) is 6.10. The molecule has 0 atom stereocenters. The number of ether oxygens (including phenoxy) is 6. The monoisotopic (exact) mass is 486 g/mol. The SMILES string of the molecule is COCCSc1cc(OC)c(Sc2c(OC)cc(SCCOC)cc2OC)c(OC)c1. The summed E-state index contributed by atoms with van der Waals surface area (Å²) in [5.41, 5.74) is 0. The van der Waals surface area contributed by atoms with Gasteiger partial charge < -0.3 is 28.4 Å². The summed E-state index contributed by atoms with van der Waals surface area (Å²) in [6, 6.07) is 8.05. The molecule has 9 heteroatoms. The van der Waals surface area contributed by atoms with E-state index in [1.165, 1.54) is 11.8 Å². The fraction of sp³-hybridized carbons (Fsp3) is 0.455. The van der Waals surface area contributed by atoms with Crippen molar-refractivity contribution in [1.29, 1.82) is 0 Å². The van der Waals surface area contributed by atoms with Crippen LogP contribution in [0.3, 0.4) is 0 Å². The van der Waals surface area contributed by atoms with Crippen molar-refractivity contribution in [3.05, 3.63) is 24.3 Å². The first kappa shape index (κ1) is 25.9. The van der Waals surface area contributed by atoms with Gasteiger partial charge in [0.05, 0.1) is 51.4 Å². The van der Waals surface area contributed by atoms with Gasteiger partial charge in [-0.05, 0) is 24.3 Å². The lowest BCUT2D eigenvalue weighted by atomic mass is 10.3. The first-order valence-corrected chi connectivity index (χ1v) is 12.3. The van der Waals surface area contributed by atoms with E-state index < -0.39 is 0 Å². The van der Waals surface area contributed by atoms with Crippen molar-refractivity contribution < 1.29 is 28.4 Å². The van der Waals surface area contributed by atoms with Crippen LogP contribution < -0.4 is 18.9 Å². The van der Waals surface area contributed by atoms with Crippen LogP contribution in [0.5, 0.6) is 23.0 Å². The van der Waals surface area contributed by atoms with E-state index >= 15 is 0 Å². The van der Waals surface area contributed by atoms with Gasteiger partial charge in [-0.3, -0.25) is 0 Å². The molecule has 0 aromatic heterocycles. The van der Waals surface area contributed by atoms with Crippen LogP contribution in [-0.4, -0.2) is 67.4 Å². The minimum Gasteiger partial charge on any atom is -0.495 e. The fourth-order valence-corrected chi connectivity index (χ4v) is 5.58. The van der Waals surface area contributed by atoms with Crippen molar-refractivity contribution >= 4 is 35.3 Å². The summed E-state index contributed by atoms with van der Waals surface area (Å²) in [6.07, 6.45) is 0. The zero-order valence-corrected chi connectivity index (χ0v) is 21.3. The Bertz CT molecular complexity index is 713. The average Bonchev–Trinajstić information content (AvgIpc) is 2.80. The first-order valence-electron chi connectivity index (χ1n) is 9.55. The molecule has 0 N–H and O–H groups in total. The Morgan fingerprint density at radius 3 is 1.13 bits per heavy atom. The predicted octanol–water partition coefficient (Wildman–Crippen LogP) is 5.35. The maximum absolute atomic E-state index is 5.70. The first-order chi connectivity index (χ1) is 15.1. The van der Waals surface area contributed by atoms with Crippen molar-refractivity contribution in [3.8, 4) is 23.0 Å². The van der Waals surface area contributed by atoms with E-state index in [0.717, 1.165) is 54.1 Å². The second-order valence-corrected chi connectivity index (χ2v) is 9.46. The largest absolute Gasteiger partial charge is 0.495 e. The number of hydrogen-bond donors (Lipinski definition) is 0. The number of methoxy groups -OCH3 is 6. The molecule has 0 saturated heterocycles. The summed E-state index contributed by atoms with van der Waals surface area (Å²) in [5, 5.41) is 0. The summed E-state index contributed by atoms with van der Waals surface area (Å²) in [5.74, 6) is 4.61. The molecular formula is C22H30O6S3. The van der Waals surface area contributed by atoms with Crippen LogP contribution in [-0.2, 0) is 9.47 Å². The van der Waals surface area contributed by atoms with Gasteiger partial charge in [-0.2, -0.15) is 0 Å². The molecule has 0 aliphatic heterocycles. The molecule has 31 heavy (non-hydrogen) atoms. The molecule has 0 saturated carbocycles. The molecule has 0 aliphatic carbocycles. The highest BCUT2D eigenvalue weighted by atomic mass is 32.2. The van der Waals surface area contributed by atoms with Gasteiger partial charge >= 0.3 is 0 Å². The third-order valence-corrected chi connectivity index (χ3v) is 7.28. The summed E-state index contributed by atoms with van der Waals surface area (Å²) < 4.78 is 33.1. The Kier molecular flexibility index (Phi) is 11.6. The molecule has 172 valence electrons. The zero-order valence-electron chi connectivity index (χ0n) is 18.8. The Labute approximate surface area is 197 Å². The number of benzene rings is 2. The Balaban J connectivity index is 2.41. The molecule has 0 spiro atoms. The number of hydrogen-bond acceptors (Lipinski definition) is 9. The van der Waals surface area contributed by atoms with Crippen molar-refractivity contribution in [2.75, 3.05) is 67.4 Å². The molecule has 0 aliphatic rings. The van der Waals surface area contributed by atoms with Crippen molar-refractivity contribution in [3.63, 3.8) is 0 Å². The minimum atomic E-state index is 0.676. The van der Waals surface area contributed by atoms with Crippen LogP contribution in [0.15, 0.2) is 43.8 Å². The predicted molar refractivity (Wildman–Crippen MR) is 128 cm³/mol. The third-order valence-electron chi connectivity index (χ3n) is 4.18. The molecule has 6 nitrogen and oxygen atoms in total. The normalized spacial score (nSPS) is 10.8. The maximum Gasteiger partial charge on any atom is 0.137 e. The fourth-order valence-electron chi connectivity index (χ4n) is 2.67. The van der Waals surface area contributed by atoms with Gasteiger partial charge in [0.25, 0.3) is 0 Å². The lowest BCUT2D eigenvalue weighted by Gasteiger charge is -2.18. The van der Waals surface area contributed by atoms with Crippen LogP contribution in [0, 0.1) is 0 Å². The van der Waals surface area contributed by atoms with Crippen molar-refractivity contribution in [2.45, 2.75) is 19.6 Å². The minimum absolute atomic E-state index is 0.676. The van der Waals surface area contributed by atoms with Gasteiger partial charge in [-0.1, -0.05) is 11.8 Å². The van der Waals surface area contributed by atoms with Gasteiger partial charge in [-0.15, -0.1) is 23.5 Å². The van der Waals surface area contributed by atoms with E-state index in [2.05, 4.69) is 0 Å². The highest BCUT2D eigenvalue weighted by Gasteiger charge is 2.21. The molecular weight excluding hydrogens is 456 g/mol. The van der Waals surface area contributed by atoms with Crippen molar-refractivity contribution in [2.24, 2.45) is 0 Å². The Hall–Kier alpha value is -1.39. The summed E-state index contributed by atoms with van der Waals surface area (Å²) in [4.78, 5) is 3.83. The van der Waals surface area contributed by atoms with Crippen LogP contribution in [0.2, 0.25) is 0 Å². The summed E-state index contributed by atoms with van der Waals surface area (Å²) in [6.45, 7) is 1.35. The van der Waals surface area contributed by atoms with Gasteiger partial charge in [-0.25, -0.2) is 0 Å². The topological polar surface area (TPSA) is 55.4 Å². The van der Waals surface area contributed by atoms with E-state index in [9.17, 15) is 0 Å². The lowest BCUT2D eigenvalue weighted by molar-refractivity contribution is 0.218. The van der Waals surface area contributed by atoms with Crippen molar-refractivity contribution in [1.82, 2.24) is 0 Å². The number of thioether (sulfide) groups is 2.